The minimum atomic E-state index is 0.0464. The van der Waals surface area contributed by atoms with Gasteiger partial charge in [-0.05, 0) is 44.0 Å². The predicted octanol–water partition coefficient (Wildman–Crippen LogP) is 2.54. The number of aromatic nitrogens is 2. The molecule has 3 N–H and O–H groups in total. The maximum atomic E-state index is 12.5. The fourth-order valence-corrected chi connectivity index (χ4v) is 4.25. The zero-order valence-electron chi connectivity index (χ0n) is 14.3. The van der Waals surface area contributed by atoms with Crippen LogP contribution < -0.4 is 10.6 Å². The minimum absolute atomic E-state index is 0.0464. The van der Waals surface area contributed by atoms with E-state index >= 15 is 0 Å². The summed E-state index contributed by atoms with van der Waals surface area (Å²) in [6.45, 7) is 4.42. The maximum absolute atomic E-state index is 12.5. The Balaban J connectivity index is 1.30. The molecule has 2 saturated heterocycles. The number of amides is 2. The summed E-state index contributed by atoms with van der Waals surface area (Å²) in [4.78, 5) is 22.3. The minimum Gasteiger partial charge on any atom is -0.342 e. The van der Waals surface area contributed by atoms with Crippen LogP contribution in [0.5, 0.6) is 0 Å². The van der Waals surface area contributed by atoms with Gasteiger partial charge in [0.2, 0.25) is 0 Å². The van der Waals surface area contributed by atoms with E-state index in [1.165, 1.54) is 12.8 Å². The molecule has 1 aromatic carbocycles. The average molecular weight is 362 g/mol. The Morgan fingerprint density at radius 1 is 1.40 bits per heavy atom. The van der Waals surface area contributed by atoms with Gasteiger partial charge in [0.25, 0.3) is 0 Å². The summed E-state index contributed by atoms with van der Waals surface area (Å²) >= 11 is 6.00. The Morgan fingerprint density at radius 3 is 3.16 bits per heavy atom. The van der Waals surface area contributed by atoms with Gasteiger partial charge in [-0.3, -0.25) is 0 Å². The van der Waals surface area contributed by atoms with Crippen molar-refractivity contribution in [3.63, 3.8) is 0 Å². The summed E-state index contributed by atoms with van der Waals surface area (Å²) in [6, 6.07) is 5.65. The van der Waals surface area contributed by atoms with Crippen LogP contribution in [0.3, 0.4) is 0 Å². The van der Waals surface area contributed by atoms with Gasteiger partial charge in [0.05, 0.1) is 11.0 Å². The first-order valence-corrected chi connectivity index (χ1v) is 9.39. The molecule has 1 aromatic heterocycles. The monoisotopic (exact) mass is 361 g/mol. The van der Waals surface area contributed by atoms with E-state index in [2.05, 4.69) is 20.6 Å². The van der Waals surface area contributed by atoms with Crippen LogP contribution in [0.25, 0.3) is 11.0 Å². The van der Waals surface area contributed by atoms with Gasteiger partial charge in [0, 0.05) is 43.0 Å². The number of urea groups is 1. The fraction of sp³-hybridized carbons (Fsp3) is 0.556. The molecule has 0 saturated carbocycles. The molecule has 2 fully saturated rings. The molecule has 2 amide bonds. The second-order valence-electron chi connectivity index (χ2n) is 7.28. The lowest BCUT2D eigenvalue weighted by Gasteiger charge is -2.39. The summed E-state index contributed by atoms with van der Waals surface area (Å²) < 4.78 is 0. The van der Waals surface area contributed by atoms with Crippen LogP contribution in [0.2, 0.25) is 5.02 Å². The maximum Gasteiger partial charge on any atom is 0.317 e. The molecular formula is C18H24ClN5O. The molecular weight excluding hydrogens is 338 g/mol. The quantitative estimate of drug-likeness (QED) is 0.786. The van der Waals surface area contributed by atoms with Crippen molar-refractivity contribution >= 4 is 28.7 Å². The van der Waals surface area contributed by atoms with Gasteiger partial charge in [0.1, 0.15) is 5.82 Å². The van der Waals surface area contributed by atoms with E-state index in [4.69, 9.17) is 11.6 Å². The molecule has 0 radical (unpaired) electrons. The number of fused-ring (bicyclic) bond motifs is 1. The number of nitrogens with one attached hydrogen (secondary N) is 3. The van der Waals surface area contributed by atoms with Crippen molar-refractivity contribution < 1.29 is 4.79 Å². The Kier molecular flexibility index (Phi) is 4.56. The van der Waals surface area contributed by atoms with Gasteiger partial charge >= 0.3 is 6.03 Å². The molecule has 0 aliphatic carbocycles. The molecule has 2 aliphatic rings. The third kappa shape index (κ3) is 3.60. The Morgan fingerprint density at radius 2 is 2.32 bits per heavy atom. The number of carbonyl (C=O) groups excluding carboxylic acids is 1. The lowest BCUT2D eigenvalue weighted by molar-refractivity contribution is 0.118. The Bertz CT molecular complexity index is 768. The van der Waals surface area contributed by atoms with Crippen molar-refractivity contribution in [2.45, 2.75) is 25.7 Å². The number of likely N-dealkylation sites (tertiary alicyclic amines) is 1. The number of aromatic amines is 1. The zero-order chi connectivity index (χ0) is 17.3. The van der Waals surface area contributed by atoms with Crippen molar-refractivity contribution in [2.24, 2.45) is 5.41 Å². The van der Waals surface area contributed by atoms with Crippen LogP contribution >= 0.6 is 11.6 Å². The van der Waals surface area contributed by atoms with Crippen LogP contribution in [0.4, 0.5) is 4.79 Å². The standard InChI is InChI=1S/C18H24ClN5O/c19-13-2-3-14-15(10-13)23-16(22-14)4-7-21-17(25)24-9-1-5-18(12-24)6-8-20-11-18/h2-3,10,20H,1,4-9,11-12H2,(H,21,25)(H,22,23)/t18-/m0/s1. The third-order valence-electron chi connectivity index (χ3n) is 5.41. The third-order valence-corrected chi connectivity index (χ3v) is 5.65. The summed E-state index contributed by atoms with van der Waals surface area (Å²) in [7, 11) is 0. The van der Waals surface area contributed by atoms with E-state index in [0.717, 1.165) is 49.5 Å². The lowest BCUT2D eigenvalue weighted by atomic mass is 9.79. The number of piperidine rings is 1. The highest BCUT2D eigenvalue weighted by molar-refractivity contribution is 6.31. The van der Waals surface area contributed by atoms with E-state index in [0.29, 0.717) is 23.4 Å². The molecule has 2 aromatic rings. The molecule has 0 bridgehead atoms. The largest absolute Gasteiger partial charge is 0.342 e. The number of hydrogen-bond donors (Lipinski definition) is 3. The van der Waals surface area contributed by atoms with Gasteiger partial charge in [0.15, 0.2) is 0 Å². The second-order valence-corrected chi connectivity index (χ2v) is 7.72. The number of imidazole rings is 1. The highest BCUT2D eigenvalue weighted by Gasteiger charge is 2.39. The highest BCUT2D eigenvalue weighted by atomic mass is 35.5. The zero-order valence-corrected chi connectivity index (χ0v) is 15.0. The number of benzene rings is 1. The molecule has 6 nitrogen and oxygen atoms in total. The summed E-state index contributed by atoms with van der Waals surface area (Å²) in [5.41, 5.74) is 2.13. The van der Waals surface area contributed by atoms with Crippen molar-refractivity contribution in [2.75, 3.05) is 32.7 Å². The molecule has 0 unspecified atom stereocenters. The SMILES string of the molecule is O=C(NCCc1nc2ccc(Cl)cc2[nH]1)N1CCC[C@@]2(CCNC2)C1. The summed E-state index contributed by atoms with van der Waals surface area (Å²) in [5, 5.41) is 7.18. The van der Waals surface area contributed by atoms with Crippen LogP contribution in [-0.4, -0.2) is 53.6 Å². The van der Waals surface area contributed by atoms with Gasteiger partial charge in [-0.1, -0.05) is 11.6 Å². The Labute approximate surface area is 152 Å². The fourth-order valence-electron chi connectivity index (χ4n) is 4.08. The van der Waals surface area contributed by atoms with Gasteiger partial charge in [-0.25, -0.2) is 9.78 Å². The Hall–Kier alpha value is -1.79. The van der Waals surface area contributed by atoms with Crippen molar-refractivity contribution in [1.29, 1.82) is 0 Å². The molecule has 25 heavy (non-hydrogen) atoms. The molecule has 7 heteroatoms. The van der Waals surface area contributed by atoms with E-state index in [1.54, 1.807) is 0 Å². The normalized spacial score (nSPS) is 23.5. The number of halogens is 1. The lowest BCUT2D eigenvalue weighted by Crippen LogP contribution is -2.50. The molecule has 3 heterocycles. The van der Waals surface area contributed by atoms with Gasteiger partial charge < -0.3 is 20.5 Å². The molecule has 134 valence electrons. The van der Waals surface area contributed by atoms with E-state index in [-0.39, 0.29) is 6.03 Å². The van der Waals surface area contributed by atoms with Crippen LogP contribution in [-0.2, 0) is 6.42 Å². The molecule has 4 rings (SSSR count). The summed E-state index contributed by atoms with van der Waals surface area (Å²) in [5.74, 6) is 0.868. The van der Waals surface area contributed by atoms with Crippen LogP contribution in [0.15, 0.2) is 18.2 Å². The van der Waals surface area contributed by atoms with E-state index < -0.39 is 0 Å². The van der Waals surface area contributed by atoms with Gasteiger partial charge in [-0.15, -0.1) is 0 Å². The molecule has 1 atom stereocenters. The first-order chi connectivity index (χ1) is 12.1. The van der Waals surface area contributed by atoms with E-state index in [1.807, 2.05) is 23.1 Å². The topological polar surface area (TPSA) is 73.0 Å². The number of H-pyrrole nitrogens is 1. The van der Waals surface area contributed by atoms with Crippen LogP contribution in [0.1, 0.15) is 25.1 Å². The average Bonchev–Trinajstić information content (AvgIpc) is 3.21. The first kappa shape index (κ1) is 16.7. The van der Waals surface area contributed by atoms with E-state index in [9.17, 15) is 4.79 Å². The predicted molar refractivity (Wildman–Crippen MR) is 98.9 cm³/mol. The highest BCUT2D eigenvalue weighted by Crippen LogP contribution is 2.35. The molecule has 1 spiro atoms. The number of rotatable bonds is 3. The number of hydrogen-bond acceptors (Lipinski definition) is 3. The van der Waals surface area contributed by atoms with Crippen molar-refractivity contribution in [1.82, 2.24) is 25.5 Å². The second kappa shape index (κ2) is 6.84. The molecule has 2 aliphatic heterocycles. The van der Waals surface area contributed by atoms with Crippen molar-refractivity contribution in [3.8, 4) is 0 Å². The number of nitrogens with zero attached hydrogens (tertiary/aromatic N) is 2. The smallest absolute Gasteiger partial charge is 0.317 e. The summed E-state index contributed by atoms with van der Waals surface area (Å²) in [6.07, 6.45) is 4.18. The van der Waals surface area contributed by atoms with Gasteiger partial charge in [-0.2, -0.15) is 0 Å². The first-order valence-electron chi connectivity index (χ1n) is 9.01. The van der Waals surface area contributed by atoms with Crippen molar-refractivity contribution in [3.05, 3.63) is 29.0 Å². The van der Waals surface area contributed by atoms with Crippen LogP contribution in [0, 0.1) is 5.41 Å². The number of carbonyl (C=O) groups is 1.